The maximum atomic E-state index is 13.8. The largest absolute Gasteiger partial charge is 0.508 e. The molecule has 2 aromatic rings. The number of aliphatic hydroxyl groups is 2. The molecule has 3 aliphatic heterocycles. The lowest BCUT2D eigenvalue weighted by atomic mass is 9.53. The van der Waals surface area contributed by atoms with Gasteiger partial charge in [-0.3, -0.25) is 4.79 Å². The Morgan fingerprint density at radius 2 is 1.70 bits per heavy atom. The van der Waals surface area contributed by atoms with Crippen LogP contribution < -0.4 is 0 Å². The molecule has 8 rings (SSSR count). The molecule has 6 aliphatic rings. The van der Waals surface area contributed by atoms with Gasteiger partial charge in [0.25, 0.3) is 0 Å². The Morgan fingerprint density at radius 3 is 2.36 bits per heavy atom. The third-order valence-corrected chi connectivity index (χ3v) is 11.2. The number of epoxide rings is 1. The van der Waals surface area contributed by atoms with Gasteiger partial charge in [-0.2, -0.15) is 0 Å². The van der Waals surface area contributed by atoms with Gasteiger partial charge >= 0.3 is 11.9 Å². The summed E-state index contributed by atoms with van der Waals surface area (Å²) in [6, 6.07) is 14.8. The number of fused-ring (bicyclic) bond motifs is 3. The lowest BCUT2D eigenvalue weighted by molar-refractivity contribution is -0.440. The van der Waals surface area contributed by atoms with E-state index in [-0.39, 0.29) is 16.9 Å². The van der Waals surface area contributed by atoms with Crippen LogP contribution in [0.5, 0.6) is 5.75 Å². The second kappa shape index (κ2) is 8.45. The van der Waals surface area contributed by atoms with Crippen molar-refractivity contribution < 1.29 is 48.6 Å². The third-order valence-electron chi connectivity index (χ3n) is 11.2. The molecule has 230 valence electrons. The number of hydrogen-bond acceptors (Lipinski definition) is 10. The number of rotatable bonds is 4. The van der Waals surface area contributed by atoms with E-state index in [4.69, 9.17) is 23.7 Å². The molecule has 0 amide bonds. The molecule has 2 saturated carbocycles. The highest BCUT2D eigenvalue weighted by molar-refractivity contribution is 6.05. The Kier molecular flexibility index (Phi) is 5.40. The topological polar surface area (TPSA) is 144 Å². The second-order valence-corrected chi connectivity index (χ2v) is 13.4. The minimum absolute atomic E-state index is 0.00354. The molecule has 12 atom stereocenters. The number of phenols is 1. The zero-order valence-corrected chi connectivity index (χ0v) is 24.7. The minimum atomic E-state index is -2.29. The van der Waals surface area contributed by atoms with Gasteiger partial charge in [-0.25, -0.2) is 4.79 Å². The molecule has 44 heavy (non-hydrogen) atoms. The molecule has 10 heteroatoms. The van der Waals surface area contributed by atoms with Crippen LogP contribution in [0.1, 0.15) is 43.6 Å². The van der Waals surface area contributed by atoms with E-state index in [1.807, 2.05) is 25.1 Å². The van der Waals surface area contributed by atoms with E-state index in [1.165, 1.54) is 24.3 Å². The number of carbonyl (C=O) groups is 2. The van der Waals surface area contributed by atoms with Gasteiger partial charge in [-0.05, 0) is 56.2 Å². The lowest BCUT2D eigenvalue weighted by Gasteiger charge is -2.61. The summed E-state index contributed by atoms with van der Waals surface area (Å²) >= 11 is 0. The number of ether oxygens (including phenoxy) is 5. The number of aromatic hydroxyl groups is 1. The SMILES string of the molecule is C=C(C)[C@@]12O[C@@]3(c4ccccc4)O[C@@H]1[C@@H]1[C@@H]4O[C@]4(C)[C@@H](O)[C@]4(O)C(=O)C(C)=C[C@H]4[C@@]1(O3)[C@H](C)[C@@H]2OC(=O)c1ccc(O)cc1. The molecule has 3 bridgehead atoms. The maximum Gasteiger partial charge on any atom is 0.338 e. The fourth-order valence-corrected chi connectivity index (χ4v) is 9.03. The van der Waals surface area contributed by atoms with E-state index in [0.29, 0.717) is 11.1 Å². The van der Waals surface area contributed by atoms with Crippen molar-refractivity contribution >= 4 is 11.8 Å². The van der Waals surface area contributed by atoms with Crippen LogP contribution in [0.3, 0.4) is 0 Å². The van der Waals surface area contributed by atoms with Crippen molar-refractivity contribution in [2.45, 2.75) is 80.5 Å². The number of ketones is 1. The average molecular weight is 603 g/mol. The minimum Gasteiger partial charge on any atom is -0.508 e. The molecule has 0 radical (unpaired) electrons. The van der Waals surface area contributed by atoms with E-state index < -0.39 is 82.3 Å². The van der Waals surface area contributed by atoms with E-state index in [2.05, 4.69) is 6.58 Å². The third kappa shape index (κ3) is 3.02. The number of hydrogen-bond donors (Lipinski definition) is 3. The van der Waals surface area contributed by atoms with Crippen LogP contribution in [0.25, 0.3) is 0 Å². The summed E-state index contributed by atoms with van der Waals surface area (Å²) in [6.45, 7) is 11.2. The van der Waals surface area contributed by atoms with Gasteiger partial charge in [0.05, 0.1) is 17.3 Å². The molecule has 5 fully saturated rings. The van der Waals surface area contributed by atoms with Crippen LogP contribution in [0.15, 0.2) is 78.4 Å². The summed E-state index contributed by atoms with van der Waals surface area (Å²) in [6.07, 6.45) is -2.56. The molecule has 0 spiro atoms. The Morgan fingerprint density at radius 1 is 1.02 bits per heavy atom. The number of esters is 1. The van der Waals surface area contributed by atoms with Gasteiger partial charge in [0.2, 0.25) is 0 Å². The number of benzene rings is 2. The second-order valence-electron chi connectivity index (χ2n) is 13.4. The normalized spacial score (nSPS) is 47.6. The van der Waals surface area contributed by atoms with Crippen molar-refractivity contribution in [3.8, 4) is 5.75 Å². The van der Waals surface area contributed by atoms with Crippen LogP contribution in [0.4, 0.5) is 0 Å². The van der Waals surface area contributed by atoms with Crippen LogP contribution in [0, 0.1) is 17.8 Å². The molecular formula is C34H34O10. The van der Waals surface area contributed by atoms with E-state index >= 15 is 0 Å². The molecule has 3 N–H and O–H groups in total. The lowest BCUT2D eigenvalue weighted by Crippen LogP contribution is -2.76. The maximum absolute atomic E-state index is 13.8. The summed E-state index contributed by atoms with van der Waals surface area (Å²) in [4.78, 5) is 27.5. The molecule has 0 unspecified atom stereocenters. The molecule has 2 aromatic carbocycles. The van der Waals surface area contributed by atoms with E-state index in [9.17, 15) is 24.9 Å². The Balaban J connectivity index is 1.39. The molecule has 3 heterocycles. The van der Waals surface area contributed by atoms with Crippen LogP contribution in [-0.4, -0.2) is 73.9 Å². The molecule has 3 aliphatic carbocycles. The summed E-state index contributed by atoms with van der Waals surface area (Å²) < 4.78 is 33.5. The zero-order valence-electron chi connectivity index (χ0n) is 24.7. The smallest absolute Gasteiger partial charge is 0.338 e. The summed E-state index contributed by atoms with van der Waals surface area (Å²) in [5.74, 6) is -5.62. The highest BCUT2D eigenvalue weighted by atomic mass is 16.9. The summed E-state index contributed by atoms with van der Waals surface area (Å²) in [5.41, 5.74) is -4.99. The van der Waals surface area contributed by atoms with Crippen molar-refractivity contribution in [2.24, 2.45) is 17.8 Å². The van der Waals surface area contributed by atoms with Crippen molar-refractivity contribution in [2.75, 3.05) is 0 Å². The number of aliphatic hydroxyl groups excluding tert-OH is 1. The first-order valence-electron chi connectivity index (χ1n) is 14.9. The molecule has 10 nitrogen and oxygen atoms in total. The zero-order chi connectivity index (χ0) is 31.2. The quantitative estimate of drug-likeness (QED) is 0.272. The predicted molar refractivity (Wildman–Crippen MR) is 152 cm³/mol. The summed E-state index contributed by atoms with van der Waals surface area (Å²) in [7, 11) is 0. The van der Waals surface area contributed by atoms with Gasteiger partial charge in [-0.1, -0.05) is 49.9 Å². The average Bonchev–Trinajstić information content (AvgIpc) is 3.55. The van der Waals surface area contributed by atoms with E-state index in [1.54, 1.807) is 39.0 Å². The van der Waals surface area contributed by atoms with Crippen LogP contribution in [0.2, 0.25) is 0 Å². The van der Waals surface area contributed by atoms with Gasteiger partial charge in [0.15, 0.2) is 17.0 Å². The Labute approximate surface area is 253 Å². The van der Waals surface area contributed by atoms with E-state index in [0.717, 1.165) is 0 Å². The molecule has 3 saturated heterocycles. The highest BCUT2D eigenvalue weighted by Crippen LogP contribution is 2.74. The van der Waals surface area contributed by atoms with Crippen molar-refractivity contribution in [1.82, 2.24) is 0 Å². The predicted octanol–water partition coefficient (Wildman–Crippen LogP) is 2.90. The van der Waals surface area contributed by atoms with Crippen molar-refractivity contribution in [3.63, 3.8) is 0 Å². The van der Waals surface area contributed by atoms with Gasteiger partial charge < -0.3 is 39.0 Å². The highest BCUT2D eigenvalue weighted by Gasteiger charge is 2.90. The first-order chi connectivity index (χ1) is 20.8. The van der Waals surface area contributed by atoms with Crippen molar-refractivity contribution in [1.29, 1.82) is 0 Å². The van der Waals surface area contributed by atoms with Gasteiger partial charge in [0.1, 0.15) is 29.7 Å². The number of phenolic OH excluding ortho intramolecular Hbond substituents is 1. The monoisotopic (exact) mass is 602 g/mol. The first-order valence-corrected chi connectivity index (χ1v) is 14.9. The number of Topliss-reactive ketones (excluding diaryl/α,β-unsaturated/α-hetero) is 1. The fraction of sp³-hybridized carbons (Fsp3) is 0.471. The van der Waals surface area contributed by atoms with Crippen LogP contribution in [-0.2, 0) is 34.5 Å². The Hall–Kier alpha value is -3.38. The first kappa shape index (κ1) is 28.1. The molecular weight excluding hydrogens is 568 g/mol. The van der Waals surface area contributed by atoms with Gasteiger partial charge in [-0.15, -0.1) is 0 Å². The van der Waals surface area contributed by atoms with Crippen molar-refractivity contribution in [3.05, 3.63) is 89.5 Å². The summed E-state index contributed by atoms with van der Waals surface area (Å²) in [5, 5.41) is 33.9. The Bertz CT molecular complexity index is 1650. The van der Waals surface area contributed by atoms with Gasteiger partial charge in [0, 0.05) is 23.3 Å². The van der Waals surface area contributed by atoms with Crippen LogP contribution >= 0.6 is 0 Å². The standard InChI is InChI=1S/C34H34O10/c1-16(2)32-25(40-28(37)19-11-13-21(35)14-12-19)18(4)33-22-15-17(3)24(36)31(22,39)29(38)30(5)26(41-30)23(33)27(32)42-34(43-32,44-33)20-9-7-6-8-10-20/h6-15,18,22-23,25-27,29,35,38-39H,1H2,2-5H3/t18-,22-,23+,25+,26+,27-,29-,30+,31-,32+,33+,34-/m1/s1. The fourth-order valence-electron chi connectivity index (χ4n) is 9.03. The molecule has 0 aromatic heterocycles. The number of carbonyl (C=O) groups excluding carboxylic acids is 2.